The summed E-state index contributed by atoms with van der Waals surface area (Å²) in [5.74, 6) is 1.01. The normalized spacial score (nSPS) is 26.4. The first-order chi connectivity index (χ1) is 9.00. The molecule has 0 bridgehead atoms. The lowest BCUT2D eigenvalue weighted by molar-refractivity contribution is 0.455. The van der Waals surface area contributed by atoms with Gasteiger partial charge in [0.15, 0.2) is 0 Å². The highest BCUT2D eigenvalue weighted by atomic mass is 32.2. The quantitative estimate of drug-likeness (QED) is 0.833. The minimum atomic E-state index is -3.37. The second-order valence-electron chi connectivity index (χ2n) is 5.63. The fourth-order valence-electron chi connectivity index (χ4n) is 3.11. The molecule has 1 aromatic rings. The van der Waals surface area contributed by atoms with Crippen LogP contribution in [0.25, 0.3) is 0 Å². The molecule has 0 N–H and O–H groups in total. The lowest BCUT2D eigenvalue weighted by atomic mass is 9.95. The van der Waals surface area contributed by atoms with Gasteiger partial charge in [-0.25, -0.2) is 8.42 Å². The van der Waals surface area contributed by atoms with Gasteiger partial charge < -0.3 is 0 Å². The van der Waals surface area contributed by atoms with Gasteiger partial charge in [0, 0.05) is 18.2 Å². The predicted molar refractivity (Wildman–Crippen MR) is 75.0 cm³/mol. The molecule has 0 saturated carbocycles. The van der Waals surface area contributed by atoms with E-state index in [0.29, 0.717) is 23.3 Å². The summed E-state index contributed by atoms with van der Waals surface area (Å²) in [6, 6.07) is 7.12. The van der Waals surface area contributed by atoms with Crippen LogP contribution in [0, 0.1) is 18.8 Å². The first kappa shape index (κ1) is 12.7. The lowest BCUT2D eigenvalue weighted by Crippen LogP contribution is -2.27. The van der Waals surface area contributed by atoms with Gasteiger partial charge in [0.2, 0.25) is 0 Å². The van der Waals surface area contributed by atoms with Gasteiger partial charge in [-0.3, -0.25) is 4.31 Å². The highest BCUT2D eigenvalue weighted by Crippen LogP contribution is 2.43. The summed E-state index contributed by atoms with van der Waals surface area (Å²) in [5, 5.41) is 0. The van der Waals surface area contributed by atoms with Crippen molar-refractivity contribution in [3.8, 4) is 0 Å². The third kappa shape index (κ3) is 1.98. The molecule has 4 heteroatoms. The van der Waals surface area contributed by atoms with Crippen LogP contribution in [0.4, 0.5) is 0 Å². The molecule has 0 radical (unpaired) electrons. The molecule has 1 aliphatic carbocycles. The Morgan fingerprint density at radius 1 is 1.21 bits per heavy atom. The van der Waals surface area contributed by atoms with Crippen molar-refractivity contribution in [2.24, 2.45) is 11.8 Å². The molecule has 102 valence electrons. The van der Waals surface area contributed by atoms with Crippen LogP contribution in [0.1, 0.15) is 25.3 Å². The van der Waals surface area contributed by atoms with Crippen LogP contribution in [0.15, 0.2) is 40.9 Å². The molecular weight excluding hydrogens is 258 g/mol. The molecule has 3 nitrogen and oxygen atoms in total. The van der Waals surface area contributed by atoms with E-state index >= 15 is 0 Å². The maximum atomic E-state index is 12.7. The van der Waals surface area contributed by atoms with Gasteiger partial charge >= 0.3 is 0 Å². The van der Waals surface area contributed by atoms with Gasteiger partial charge in [-0.2, -0.15) is 0 Å². The molecule has 2 aliphatic rings. The zero-order valence-corrected chi connectivity index (χ0v) is 12.2. The van der Waals surface area contributed by atoms with Crippen LogP contribution in [0.5, 0.6) is 0 Å². The van der Waals surface area contributed by atoms with Crippen molar-refractivity contribution in [1.29, 1.82) is 0 Å². The van der Waals surface area contributed by atoms with E-state index in [4.69, 9.17) is 0 Å². The highest BCUT2D eigenvalue weighted by Gasteiger charge is 2.40. The van der Waals surface area contributed by atoms with Crippen molar-refractivity contribution in [2.75, 3.05) is 6.54 Å². The number of fused-ring (bicyclic) bond motifs is 1. The fraction of sp³-hybridized carbons (Fsp3) is 0.467. The second-order valence-corrected chi connectivity index (χ2v) is 7.49. The van der Waals surface area contributed by atoms with Crippen molar-refractivity contribution in [3.05, 3.63) is 41.6 Å². The SMILES string of the molecule is Cc1ccc(S(=O)(=O)N2CC[C@H]3C2=CC[C@@H]3C)cc1. The predicted octanol–water partition coefficient (Wildman–Crippen LogP) is 2.93. The maximum Gasteiger partial charge on any atom is 0.264 e. The van der Waals surface area contributed by atoms with Crippen LogP contribution < -0.4 is 0 Å². The first-order valence-corrected chi connectivity index (χ1v) is 8.23. The van der Waals surface area contributed by atoms with Crippen molar-refractivity contribution in [2.45, 2.75) is 31.6 Å². The molecule has 1 aromatic carbocycles. The Bertz CT molecular complexity index is 616. The van der Waals surface area contributed by atoms with E-state index in [9.17, 15) is 8.42 Å². The molecular formula is C15H19NO2S. The van der Waals surface area contributed by atoms with E-state index in [1.807, 2.05) is 19.1 Å². The Balaban J connectivity index is 1.96. The van der Waals surface area contributed by atoms with Gasteiger partial charge in [-0.15, -0.1) is 0 Å². The Labute approximate surface area is 115 Å². The van der Waals surface area contributed by atoms with Crippen molar-refractivity contribution >= 4 is 10.0 Å². The van der Waals surface area contributed by atoms with Crippen LogP contribution >= 0.6 is 0 Å². The highest BCUT2D eigenvalue weighted by molar-refractivity contribution is 7.89. The summed E-state index contributed by atoms with van der Waals surface area (Å²) in [5.41, 5.74) is 2.10. The number of aryl methyl sites for hydroxylation is 1. The molecule has 19 heavy (non-hydrogen) atoms. The average Bonchev–Trinajstić information content (AvgIpc) is 2.93. The van der Waals surface area contributed by atoms with Crippen LogP contribution in [-0.2, 0) is 10.0 Å². The number of benzene rings is 1. The molecule has 0 spiro atoms. The molecule has 0 unspecified atom stereocenters. The summed E-state index contributed by atoms with van der Waals surface area (Å²) in [6.45, 7) is 4.79. The summed E-state index contributed by atoms with van der Waals surface area (Å²) in [7, 11) is -3.37. The summed E-state index contributed by atoms with van der Waals surface area (Å²) < 4.78 is 27.0. The summed E-state index contributed by atoms with van der Waals surface area (Å²) >= 11 is 0. The molecule has 0 aromatic heterocycles. The Kier molecular flexibility index (Phi) is 2.93. The number of hydrogen-bond acceptors (Lipinski definition) is 2. The monoisotopic (exact) mass is 277 g/mol. The number of nitrogens with zero attached hydrogens (tertiary/aromatic N) is 1. The molecule has 1 heterocycles. The largest absolute Gasteiger partial charge is 0.270 e. The number of rotatable bonds is 2. The zero-order chi connectivity index (χ0) is 13.6. The van der Waals surface area contributed by atoms with Crippen LogP contribution in [0.2, 0.25) is 0 Å². The molecule has 0 amide bonds. The van der Waals surface area contributed by atoms with E-state index in [-0.39, 0.29) is 0 Å². The molecule has 1 fully saturated rings. The second kappa shape index (κ2) is 4.37. The van der Waals surface area contributed by atoms with E-state index in [1.165, 1.54) is 0 Å². The smallest absolute Gasteiger partial charge is 0.264 e. The minimum Gasteiger partial charge on any atom is -0.270 e. The van der Waals surface area contributed by atoms with Crippen molar-refractivity contribution < 1.29 is 8.42 Å². The van der Waals surface area contributed by atoms with Crippen LogP contribution in [-0.4, -0.2) is 19.3 Å². The molecule has 1 saturated heterocycles. The average molecular weight is 277 g/mol. The van der Waals surface area contributed by atoms with E-state index in [1.54, 1.807) is 16.4 Å². The maximum absolute atomic E-state index is 12.7. The summed E-state index contributed by atoms with van der Waals surface area (Å²) in [4.78, 5) is 0.402. The molecule has 2 atom stereocenters. The van der Waals surface area contributed by atoms with Crippen molar-refractivity contribution in [3.63, 3.8) is 0 Å². The number of hydrogen-bond donors (Lipinski definition) is 0. The van der Waals surface area contributed by atoms with Crippen LogP contribution in [0.3, 0.4) is 0 Å². The Morgan fingerprint density at radius 2 is 1.89 bits per heavy atom. The number of allylic oxidation sites excluding steroid dienone is 2. The standard InChI is InChI=1S/C15H19NO2S/c1-11-3-6-13(7-4-11)19(17,18)16-10-9-14-12(2)5-8-15(14)16/h3-4,6-8,12,14H,5,9-10H2,1-2H3/t12-,14+/m0/s1. The zero-order valence-electron chi connectivity index (χ0n) is 11.3. The Morgan fingerprint density at radius 3 is 2.58 bits per heavy atom. The lowest BCUT2D eigenvalue weighted by Gasteiger charge is -2.20. The fourth-order valence-corrected chi connectivity index (χ4v) is 4.68. The number of sulfonamides is 1. The minimum absolute atomic E-state index is 0.402. The molecule has 3 rings (SSSR count). The van der Waals surface area contributed by atoms with Gasteiger partial charge in [0.25, 0.3) is 10.0 Å². The third-order valence-electron chi connectivity index (χ3n) is 4.31. The third-order valence-corrected chi connectivity index (χ3v) is 6.15. The van der Waals surface area contributed by atoms with Gasteiger partial charge in [-0.1, -0.05) is 30.7 Å². The van der Waals surface area contributed by atoms with Gasteiger partial charge in [-0.05, 0) is 37.8 Å². The van der Waals surface area contributed by atoms with E-state index in [2.05, 4.69) is 13.0 Å². The first-order valence-electron chi connectivity index (χ1n) is 6.79. The van der Waals surface area contributed by atoms with Gasteiger partial charge in [0.05, 0.1) is 4.90 Å². The Hall–Kier alpha value is -1.29. The summed E-state index contributed by atoms with van der Waals surface area (Å²) in [6.07, 6.45) is 4.06. The topological polar surface area (TPSA) is 37.4 Å². The van der Waals surface area contributed by atoms with E-state index < -0.39 is 10.0 Å². The molecule has 1 aliphatic heterocycles. The van der Waals surface area contributed by atoms with Crippen molar-refractivity contribution in [1.82, 2.24) is 4.31 Å². The van der Waals surface area contributed by atoms with Gasteiger partial charge in [0.1, 0.15) is 0 Å². The van der Waals surface area contributed by atoms with E-state index in [0.717, 1.165) is 24.1 Å².